The van der Waals surface area contributed by atoms with Crippen molar-refractivity contribution < 1.29 is 4.79 Å². The number of hydrogen-bond donors (Lipinski definition) is 1. The first kappa shape index (κ1) is 14.3. The second kappa shape index (κ2) is 5.51. The van der Waals surface area contributed by atoms with Gasteiger partial charge >= 0.3 is 0 Å². The first-order valence-electron chi connectivity index (χ1n) is 6.45. The minimum Gasteiger partial charge on any atom is -0.353 e. The molecule has 0 spiro atoms. The number of nitrogens with zero attached hydrogens (tertiary/aromatic N) is 2. The molecule has 0 aliphatic carbocycles. The SMILES string of the molecule is Cc1ccc(N2C(C)CN(C)C(=O)C2CN)c(Br)c1. The lowest BCUT2D eigenvalue weighted by Gasteiger charge is -2.45. The summed E-state index contributed by atoms with van der Waals surface area (Å²) in [4.78, 5) is 16.1. The molecular weight excluding hydrogens is 306 g/mol. The maximum atomic E-state index is 12.3. The van der Waals surface area contributed by atoms with Crippen molar-refractivity contribution in [2.45, 2.75) is 25.9 Å². The van der Waals surface area contributed by atoms with E-state index in [1.807, 2.05) is 14.0 Å². The van der Waals surface area contributed by atoms with E-state index in [9.17, 15) is 4.79 Å². The molecule has 0 radical (unpaired) electrons. The zero-order valence-corrected chi connectivity index (χ0v) is 13.1. The van der Waals surface area contributed by atoms with Gasteiger partial charge in [-0.3, -0.25) is 4.79 Å². The Morgan fingerprint density at radius 3 is 2.74 bits per heavy atom. The average Bonchev–Trinajstić information content (AvgIpc) is 2.34. The van der Waals surface area contributed by atoms with Gasteiger partial charge in [0.25, 0.3) is 0 Å². The Bertz CT molecular complexity index is 492. The molecule has 1 aliphatic heterocycles. The van der Waals surface area contributed by atoms with E-state index in [0.717, 1.165) is 16.7 Å². The number of piperazine rings is 1. The van der Waals surface area contributed by atoms with Crippen molar-refractivity contribution in [3.8, 4) is 0 Å². The molecule has 104 valence electrons. The van der Waals surface area contributed by atoms with E-state index in [-0.39, 0.29) is 18.0 Å². The van der Waals surface area contributed by atoms with E-state index < -0.39 is 0 Å². The molecule has 5 heteroatoms. The number of nitrogens with two attached hydrogens (primary N) is 1. The molecule has 1 aromatic carbocycles. The van der Waals surface area contributed by atoms with Crippen molar-refractivity contribution in [1.82, 2.24) is 4.90 Å². The average molecular weight is 326 g/mol. The Kier molecular flexibility index (Phi) is 4.16. The lowest BCUT2D eigenvalue weighted by atomic mass is 10.0. The molecule has 0 bridgehead atoms. The minimum absolute atomic E-state index is 0.0908. The highest BCUT2D eigenvalue weighted by atomic mass is 79.9. The summed E-state index contributed by atoms with van der Waals surface area (Å²) in [5.41, 5.74) is 8.05. The van der Waals surface area contributed by atoms with Crippen LogP contribution in [0.1, 0.15) is 12.5 Å². The van der Waals surface area contributed by atoms with Crippen molar-refractivity contribution in [1.29, 1.82) is 0 Å². The molecule has 1 aromatic rings. The van der Waals surface area contributed by atoms with Gasteiger partial charge in [-0.2, -0.15) is 0 Å². The van der Waals surface area contributed by atoms with Crippen LogP contribution >= 0.6 is 15.9 Å². The maximum Gasteiger partial charge on any atom is 0.246 e. The van der Waals surface area contributed by atoms with Crippen molar-refractivity contribution in [2.75, 3.05) is 25.0 Å². The minimum atomic E-state index is -0.284. The molecule has 1 aliphatic rings. The van der Waals surface area contributed by atoms with Gasteiger partial charge in [-0.25, -0.2) is 0 Å². The summed E-state index contributed by atoms with van der Waals surface area (Å²) in [6.07, 6.45) is 0. The molecule has 1 amide bonds. The molecule has 2 N–H and O–H groups in total. The Morgan fingerprint density at radius 1 is 1.47 bits per heavy atom. The fraction of sp³-hybridized carbons (Fsp3) is 0.500. The molecular formula is C14H20BrN3O. The van der Waals surface area contributed by atoms with Crippen LogP contribution in [0.3, 0.4) is 0 Å². The number of aryl methyl sites for hydroxylation is 1. The van der Waals surface area contributed by atoms with Crippen LogP contribution in [0.25, 0.3) is 0 Å². The van der Waals surface area contributed by atoms with Crippen LogP contribution in [-0.4, -0.2) is 43.0 Å². The summed E-state index contributed by atoms with van der Waals surface area (Å²) >= 11 is 3.59. The Morgan fingerprint density at radius 2 is 2.16 bits per heavy atom. The predicted molar refractivity (Wildman–Crippen MR) is 81.3 cm³/mol. The zero-order chi connectivity index (χ0) is 14.2. The normalized spacial score (nSPS) is 23.9. The quantitative estimate of drug-likeness (QED) is 0.901. The number of benzene rings is 1. The second-order valence-electron chi connectivity index (χ2n) is 5.18. The third-order valence-electron chi connectivity index (χ3n) is 3.61. The lowest BCUT2D eigenvalue weighted by molar-refractivity contribution is -0.133. The number of halogens is 1. The molecule has 2 rings (SSSR count). The maximum absolute atomic E-state index is 12.3. The molecule has 4 nitrogen and oxygen atoms in total. The summed E-state index contributed by atoms with van der Waals surface area (Å²) in [7, 11) is 1.84. The van der Waals surface area contributed by atoms with Crippen LogP contribution in [-0.2, 0) is 4.79 Å². The van der Waals surface area contributed by atoms with Crippen molar-refractivity contribution in [3.63, 3.8) is 0 Å². The molecule has 2 atom stereocenters. The fourth-order valence-electron chi connectivity index (χ4n) is 2.70. The van der Waals surface area contributed by atoms with Crippen LogP contribution in [0.5, 0.6) is 0 Å². The van der Waals surface area contributed by atoms with Gasteiger partial charge in [-0.1, -0.05) is 6.07 Å². The van der Waals surface area contributed by atoms with Crippen LogP contribution < -0.4 is 10.6 Å². The molecule has 19 heavy (non-hydrogen) atoms. The zero-order valence-electron chi connectivity index (χ0n) is 11.6. The molecule has 1 saturated heterocycles. The number of carbonyl (C=O) groups is 1. The van der Waals surface area contributed by atoms with Gasteiger partial charge < -0.3 is 15.5 Å². The third-order valence-corrected chi connectivity index (χ3v) is 4.25. The molecule has 0 saturated carbocycles. The number of rotatable bonds is 2. The number of carbonyl (C=O) groups excluding carboxylic acids is 1. The Hall–Kier alpha value is -1.07. The number of likely N-dealkylation sites (N-methyl/N-ethyl adjacent to an activating group) is 1. The van der Waals surface area contributed by atoms with Gasteiger partial charge in [0.15, 0.2) is 0 Å². The summed E-state index contributed by atoms with van der Waals surface area (Å²) in [6, 6.07) is 6.14. The Balaban J connectivity index is 2.42. The first-order chi connectivity index (χ1) is 8.95. The number of anilines is 1. The monoisotopic (exact) mass is 325 g/mol. The van der Waals surface area contributed by atoms with Gasteiger partial charge in [0.2, 0.25) is 5.91 Å². The predicted octanol–water partition coefficient (Wildman–Crippen LogP) is 1.75. The van der Waals surface area contributed by atoms with Gasteiger partial charge in [-0.05, 0) is 47.5 Å². The number of amides is 1. The van der Waals surface area contributed by atoms with E-state index in [0.29, 0.717) is 6.54 Å². The fourth-order valence-corrected chi connectivity index (χ4v) is 3.39. The van der Waals surface area contributed by atoms with E-state index in [4.69, 9.17) is 5.73 Å². The third kappa shape index (κ3) is 2.62. The van der Waals surface area contributed by atoms with Crippen LogP contribution in [0.15, 0.2) is 22.7 Å². The van der Waals surface area contributed by atoms with E-state index in [1.54, 1.807) is 4.90 Å². The van der Waals surface area contributed by atoms with Crippen molar-refractivity contribution >= 4 is 27.5 Å². The van der Waals surface area contributed by atoms with Crippen molar-refractivity contribution in [2.24, 2.45) is 5.73 Å². The second-order valence-corrected chi connectivity index (χ2v) is 6.04. The summed E-state index contributed by atoms with van der Waals surface area (Å²) in [5.74, 6) is 0.0908. The highest BCUT2D eigenvalue weighted by Crippen LogP contribution is 2.32. The van der Waals surface area contributed by atoms with Gasteiger partial charge in [0, 0.05) is 30.7 Å². The lowest BCUT2D eigenvalue weighted by Crippen LogP contribution is -2.62. The van der Waals surface area contributed by atoms with E-state index in [1.165, 1.54) is 5.56 Å². The highest BCUT2D eigenvalue weighted by molar-refractivity contribution is 9.10. The van der Waals surface area contributed by atoms with Crippen LogP contribution in [0, 0.1) is 6.92 Å². The first-order valence-corrected chi connectivity index (χ1v) is 7.24. The highest BCUT2D eigenvalue weighted by Gasteiger charge is 2.37. The molecule has 2 unspecified atom stereocenters. The van der Waals surface area contributed by atoms with Crippen LogP contribution in [0.2, 0.25) is 0 Å². The smallest absolute Gasteiger partial charge is 0.246 e. The van der Waals surface area contributed by atoms with Crippen LogP contribution in [0.4, 0.5) is 5.69 Å². The van der Waals surface area contributed by atoms with E-state index >= 15 is 0 Å². The molecule has 1 fully saturated rings. The summed E-state index contributed by atoms with van der Waals surface area (Å²) < 4.78 is 1.01. The largest absolute Gasteiger partial charge is 0.353 e. The Labute approximate surface area is 122 Å². The topological polar surface area (TPSA) is 49.6 Å². The van der Waals surface area contributed by atoms with Gasteiger partial charge in [0.05, 0.1) is 5.69 Å². The molecule has 1 heterocycles. The summed E-state index contributed by atoms with van der Waals surface area (Å²) in [6.45, 7) is 5.22. The van der Waals surface area contributed by atoms with E-state index in [2.05, 4.69) is 46.0 Å². The molecule has 0 aromatic heterocycles. The standard InChI is InChI=1S/C14H20BrN3O/c1-9-4-5-12(11(15)6-9)18-10(2)8-17(3)14(19)13(18)7-16/h4-6,10,13H,7-8,16H2,1-3H3. The number of hydrogen-bond acceptors (Lipinski definition) is 3. The van der Waals surface area contributed by atoms with Gasteiger partial charge in [0.1, 0.15) is 6.04 Å². The van der Waals surface area contributed by atoms with Gasteiger partial charge in [-0.15, -0.1) is 0 Å². The summed E-state index contributed by atoms with van der Waals surface area (Å²) in [5, 5.41) is 0. The van der Waals surface area contributed by atoms with Crippen molar-refractivity contribution in [3.05, 3.63) is 28.2 Å².